The molecule has 1 aromatic heterocycles. The Balaban J connectivity index is 3.01. The van der Waals surface area contributed by atoms with Crippen molar-refractivity contribution in [2.75, 3.05) is 18.6 Å². The van der Waals surface area contributed by atoms with Crippen molar-refractivity contribution in [2.24, 2.45) is 0 Å². The second kappa shape index (κ2) is 6.00. The van der Waals surface area contributed by atoms with Crippen molar-refractivity contribution in [3.63, 3.8) is 0 Å². The number of carbonyl (C=O) groups is 1. The van der Waals surface area contributed by atoms with Crippen molar-refractivity contribution >= 4 is 27.7 Å². The fourth-order valence-electron chi connectivity index (χ4n) is 1.44. The van der Waals surface area contributed by atoms with Crippen LogP contribution in [-0.2, 0) is 9.53 Å². The monoisotopic (exact) mass is 300 g/mol. The van der Waals surface area contributed by atoms with E-state index in [9.17, 15) is 4.79 Å². The largest absolute Gasteiger partial charge is 0.468 e. The number of esters is 1. The second-order valence-electron chi connectivity index (χ2n) is 4.12. The molecule has 0 saturated heterocycles. The van der Waals surface area contributed by atoms with E-state index >= 15 is 0 Å². The van der Waals surface area contributed by atoms with Crippen LogP contribution in [0.2, 0.25) is 0 Å². The first-order valence-electron chi connectivity index (χ1n) is 5.41. The van der Waals surface area contributed by atoms with Gasteiger partial charge in [0.1, 0.15) is 12.4 Å². The van der Waals surface area contributed by atoms with Gasteiger partial charge in [0, 0.05) is 12.2 Å². The number of rotatable bonds is 4. The van der Waals surface area contributed by atoms with Crippen molar-refractivity contribution in [3.05, 3.63) is 22.3 Å². The fraction of sp³-hybridized carbons (Fsp3) is 0.500. The molecule has 0 atom stereocenters. The van der Waals surface area contributed by atoms with E-state index in [4.69, 9.17) is 4.74 Å². The van der Waals surface area contributed by atoms with Crippen molar-refractivity contribution in [1.82, 2.24) is 4.98 Å². The lowest BCUT2D eigenvalue weighted by atomic mass is 10.2. The Kier molecular flexibility index (Phi) is 4.93. The minimum absolute atomic E-state index is 0.167. The van der Waals surface area contributed by atoms with Crippen LogP contribution in [0.1, 0.15) is 19.4 Å². The topological polar surface area (TPSA) is 42.4 Å². The number of aryl methyl sites for hydroxylation is 1. The molecule has 0 aliphatic rings. The molecule has 0 aliphatic carbocycles. The number of nitrogens with zero attached hydrogens (tertiary/aromatic N) is 2. The number of methoxy groups -OCH3 is 1. The van der Waals surface area contributed by atoms with Crippen LogP contribution in [0, 0.1) is 6.92 Å². The van der Waals surface area contributed by atoms with Gasteiger partial charge >= 0.3 is 5.97 Å². The molecule has 17 heavy (non-hydrogen) atoms. The summed E-state index contributed by atoms with van der Waals surface area (Å²) in [5.74, 6) is 0.490. The van der Waals surface area contributed by atoms with Crippen LogP contribution >= 0.6 is 15.9 Å². The van der Waals surface area contributed by atoms with Gasteiger partial charge in [0.2, 0.25) is 0 Å². The number of ether oxygens (including phenoxy) is 1. The number of aromatic nitrogens is 1. The molecule has 94 valence electrons. The molecule has 0 amide bonds. The van der Waals surface area contributed by atoms with Gasteiger partial charge in [-0.25, -0.2) is 4.98 Å². The van der Waals surface area contributed by atoms with Crippen LogP contribution in [0.15, 0.2) is 16.7 Å². The molecule has 5 heteroatoms. The van der Waals surface area contributed by atoms with Crippen LogP contribution in [0.4, 0.5) is 5.82 Å². The minimum atomic E-state index is -0.270. The summed E-state index contributed by atoms with van der Waals surface area (Å²) in [5.41, 5.74) is 1.07. The smallest absolute Gasteiger partial charge is 0.325 e. The summed E-state index contributed by atoms with van der Waals surface area (Å²) >= 11 is 3.47. The Morgan fingerprint density at radius 3 is 2.71 bits per heavy atom. The quantitative estimate of drug-likeness (QED) is 0.802. The molecular weight excluding hydrogens is 284 g/mol. The Hall–Kier alpha value is -1.10. The highest BCUT2D eigenvalue weighted by molar-refractivity contribution is 9.10. The van der Waals surface area contributed by atoms with E-state index in [-0.39, 0.29) is 18.6 Å². The highest BCUT2D eigenvalue weighted by Crippen LogP contribution is 2.25. The van der Waals surface area contributed by atoms with Crippen LogP contribution in [0.3, 0.4) is 0 Å². The van der Waals surface area contributed by atoms with E-state index in [1.165, 1.54) is 7.11 Å². The zero-order valence-electron chi connectivity index (χ0n) is 10.5. The first-order chi connectivity index (χ1) is 7.95. The Morgan fingerprint density at radius 2 is 2.24 bits per heavy atom. The maximum absolute atomic E-state index is 11.4. The third kappa shape index (κ3) is 3.70. The zero-order chi connectivity index (χ0) is 13.0. The minimum Gasteiger partial charge on any atom is -0.468 e. The van der Waals surface area contributed by atoms with Gasteiger partial charge in [-0.1, -0.05) is 0 Å². The summed E-state index contributed by atoms with van der Waals surface area (Å²) in [6, 6.07) is 2.15. The van der Waals surface area contributed by atoms with Gasteiger partial charge in [-0.3, -0.25) is 4.79 Å². The molecule has 0 saturated carbocycles. The molecule has 0 aromatic carbocycles. The summed E-state index contributed by atoms with van der Waals surface area (Å²) < 4.78 is 5.58. The summed E-state index contributed by atoms with van der Waals surface area (Å²) in [6.45, 7) is 6.19. The Labute approximate surface area is 110 Å². The molecule has 0 spiro atoms. The van der Waals surface area contributed by atoms with Crippen LogP contribution in [0.25, 0.3) is 0 Å². The summed E-state index contributed by atoms with van der Waals surface area (Å²) in [6.07, 6.45) is 1.78. The SMILES string of the molecule is COC(=O)CN(c1ncc(C)cc1Br)C(C)C. The standard InChI is InChI=1S/C12H17BrN2O2/c1-8(2)15(7-11(16)17-4)12-10(13)5-9(3)6-14-12/h5-6,8H,7H2,1-4H3. The van der Waals surface area contributed by atoms with E-state index in [0.29, 0.717) is 0 Å². The maximum Gasteiger partial charge on any atom is 0.325 e. The number of hydrogen-bond donors (Lipinski definition) is 0. The predicted octanol–water partition coefficient (Wildman–Crippen LogP) is 2.54. The van der Waals surface area contributed by atoms with Crippen molar-refractivity contribution < 1.29 is 9.53 Å². The Bertz CT molecular complexity index is 407. The molecular formula is C12H17BrN2O2. The number of halogens is 1. The second-order valence-corrected chi connectivity index (χ2v) is 4.97. The first-order valence-corrected chi connectivity index (χ1v) is 6.20. The maximum atomic E-state index is 11.4. The van der Waals surface area contributed by atoms with E-state index in [2.05, 4.69) is 20.9 Å². The molecule has 0 unspecified atom stereocenters. The van der Waals surface area contributed by atoms with Gasteiger partial charge in [0.05, 0.1) is 11.6 Å². The fourth-order valence-corrected chi connectivity index (χ4v) is 2.13. The molecule has 1 heterocycles. The van der Waals surface area contributed by atoms with Gasteiger partial charge in [0.25, 0.3) is 0 Å². The lowest BCUT2D eigenvalue weighted by Crippen LogP contribution is -2.37. The van der Waals surface area contributed by atoms with E-state index < -0.39 is 0 Å². The average Bonchev–Trinajstić information content (AvgIpc) is 2.26. The van der Waals surface area contributed by atoms with Gasteiger partial charge in [0.15, 0.2) is 0 Å². The van der Waals surface area contributed by atoms with E-state index in [0.717, 1.165) is 15.9 Å². The lowest BCUT2D eigenvalue weighted by Gasteiger charge is -2.27. The predicted molar refractivity (Wildman–Crippen MR) is 71.2 cm³/mol. The lowest BCUT2D eigenvalue weighted by molar-refractivity contribution is -0.139. The van der Waals surface area contributed by atoms with Crippen molar-refractivity contribution in [2.45, 2.75) is 26.8 Å². The van der Waals surface area contributed by atoms with Gasteiger partial charge in [-0.05, 0) is 48.3 Å². The normalized spacial score (nSPS) is 10.5. The molecule has 1 aromatic rings. The summed E-state index contributed by atoms with van der Waals surface area (Å²) in [4.78, 5) is 17.6. The molecule has 0 N–H and O–H groups in total. The highest BCUT2D eigenvalue weighted by atomic mass is 79.9. The van der Waals surface area contributed by atoms with E-state index in [1.807, 2.05) is 31.7 Å². The molecule has 0 fully saturated rings. The van der Waals surface area contributed by atoms with Gasteiger partial charge in [-0.2, -0.15) is 0 Å². The van der Waals surface area contributed by atoms with Crippen molar-refractivity contribution in [3.8, 4) is 0 Å². The number of hydrogen-bond acceptors (Lipinski definition) is 4. The highest BCUT2D eigenvalue weighted by Gasteiger charge is 2.18. The molecule has 0 bridgehead atoms. The third-order valence-corrected chi connectivity index (χ3v) is 2.96. The van der Waals surface area contributed by atoms with Crippen LogP contribution in [-0.4, -0.2) is 30.6 Å². The zero-order valence-corrected chi connectivity index (χ0v) is 12.1. The molecule has 0 aliphatic heterocycles. The van der Waals surface area contributed by atoms with Gasteiger partial charge in [-0.15, -0.1) is 0 Å². The van der Waals surface area contributed by atoms with E-state index in [1.54, 1.807) is 6.20 Å². The summed E-state index contributed by atoms with van der Waals surface area (Å²) in [7, 11) is 1.39. The number of carbonyl (C=O) groups excluding carboxylic acids is 1. The number of pyridine rings is 1. The average molecular weight is 301 g/mol. The van der Waals surface area contributed by atoms with Crippen molar-refractivity contribution in [1.29, 1.82) is 0 Å². The van der Waals surface area contributed by atoms with Crippen LogP contribution < -0.4 is 4.90 Å². The van der Waals surface area contributed by atoms with Crippen LogP contribution in [0.5, 0.6) is 0 Å². The number of anilines is 1. The van der Waals surface area contributed by atoms with Gasteiger partial charge < -0.3 is 9.64 Å². The third-order valence-electron chi connectivity index (χ3n) is 2.38. The first kappa shape index (κ1) is 14.0. The molecule has 0 radical (unpaired) electrons. The summed E-state index contributed by atoms with van der Waals surface area (Å²) in [5, 5.41) is 0. The Morgan fingerprint density at radius 1 is 1.59 bits per heavy atom. The molecule has 4 nitrogen and oxygen atoms in total. The molecule has 1 rings (SSSR count).